The zero-order valence-corrected chi connectivity index (χ0v) is 34.1. The quantitative estimate of drug-likeness (QED) is 0.0223. The highest BCUT2D eigenvalue weighted by molar-refractivity contribution is 5.98. The van der Waals surface area contributed by atoms with Gasteiger partial charge in [0.05, 0.1) is 41.5 Å². The molecule has 13 heteroatoms. The fraction of sp³-hybridized carbons (Fsp3) is 0.261. The summed E-state index contributed by atoms with van der Waals surface area (Å²) < 4.78 is 2.10. The highest BCUT2D eigenvalue weighted by Crippen LogP contribution is 2.39. The number of hydrogen-bond acceptors (Lipinski definition) is 9. The van der Waals surface area contributed by atoms with E-state index in [0.29, 0.717) is 31.8 Å². The summed E-state index contributed by atoms with van der Waals surface area (Å²) in [5.74, 6) is 6.57. The molecule has 1 amide bonds. The van der Waals surface area contributed by atoms with Crippen molar-refractivity contribution in [3.8, 4) is 0 Å². The van der Waals surface area contributed by atoms with E-state index in [-0.39, 0.29) is 11.9 Å². The Bertz CT molecular complexity index is 2550. The zero-order chi connectivity index (χ0) is 41.6. The molecule has 7 rings (SSSR count). The molecule has 13 nitrogen and oxygen atoms in total. The van der Waals surface area contributed by atoms with Gasteiger partial charge >= 0.3 is 0 Å². The SMILES string of the molecule is C=CCCN1C=C(c2cc(CCN(CCNC=C)CN(C)N(N)/C=C\CNc3cccc4c(=C)n(C5CCC(=O)NC5=C)c(=C)c34)cc3[nH]cnc23)c2cc[nH]c2C1=C. The van der Waals surface area contributed by atoms with Gasteiger partial charge in [-0.2, -0.15) is 5.01 Å². The maximum absolute atomic E-state index is 12.0. The van der Waals surface area contributed by atoms with E-state index in [9.17, 15) is 4.79 Å². The number of benzene rings is 2. The average molecular weight is 793 g/mol. The number of nitrogens with zero attached hydrogens (tertiary/aromatic N) is 6. The molecule has 306 valence electrons. The molecule has 2 aromatic carbocycles. The first kappa shape index (κ1) is 40.6. The van der Waals surface area contributed by atoms with Gasteiger partial charge in [-0.1, -0.05) is 51.1 Å². The van der Waals surface area contributed by atoms with Gasteiger partial charge < -0.3 is 35.4 Å². The van der Waals surface area contributed by atoms with E-state index in [0.717, 1.165) is 105 Å². The highest BCUT2D eigenvalue weighted by Gasteiger charge is 2.27. The van der Waals surface area contributed by atoms with Crippen LogP contribution in [-0.4, -0.2) is 91.8 Å². The van der Waals surface area contributed by atoms with Gasteiger partial charge in [0.15, 0.2) is 0 Å². The van der Waals surface area contributed by atoms with Crippen LogP contribution >= 0.6 is 0 Å². The Hall–Kier alpha value is -6.54. The van der Waals surface area contributed by atoms with Gasteiger partial charge in [0.2, 0.25) is 5.91 Å². The topological polar surface area (TPSA) is 142 Å². The van der Waals surface area contributed by atoms with Crippen LogP contribution in [0.15, 0.2) is 112 Å². The second-order valence-corrected chi connectivity index (χ2v) is 15.1. The Kier molecular flexibility index (Phi) is 12.4. The minimum atomic E-state index is -0.0911. The minimum Gasteiger partial charge on any atom is -0.390 e. The zero-order valence-electron chi connectivity index (χ0n) is 34.1. The number of allylic oxidation sites excluding steroid dienone is 1. The van der Waals surface area contributed by atoms with Crippen molar-refractivity contribution in [2.24, 2.45) is 5.84 Å². The van der Waals surface area contributed by atoms with Crippen LogP contribution in [0.25, 0.3) is 46.2 Å². The summed E-state index contributed by atoms with van der Waals surface area (Å²) in [6.07, 6.45) is 16.2. The molecule has 2 aliphatic rings. The number of imidazole rings is 1. The Morgan fingerprint density at radius 1 is 1.07 bits per heavy atom. The van der Waals surface area contributed by atoms with E-state index >= 15 is 0 Å². The highest BCUT2D eigenvalue weighted by atomic mass is 16.1. The number of hydrazine groups is 2. The molecule has 7 N–H and O–H groups in total. The van der Waals surface area contributed by atoms with Gasteiger partial charge in [-0.05, 0) is 61.4 Å². The summed E-state index contributed by atoms with van der Waals surface area (Å²) in [5.41, 5.74) is 10.0. The van der Waals surface area contributed by atoms with Crippen molar-refractivity contribution in [3.63, 3.8) is 0 Å². The number of H-pyrrole nitrogens is 2. The molecule has 0 bridgehead atoms. The molecule has 3 aromatic heterocycles. The Labute approximate surface area is 345 Å². The monoisotopic (exact) mass is 792 g/mol. The van der Waals surface area contributed by atoms with Gasteiger partial charge in [0.25, 0.3) is 0 Å². The van der Waals surface area contributed by atoms with Crippen molar-refractivity contribution >= 4 is 57.8 Å². The number of amides is 1. The van der Waals surface area contributed by atoms with Crippen molar-refractivity contribution in [1.82, 2.24) is 50.1 Å². The lowest BCUT2D eigenvalue weighted by atomic mass is 9.92. The molecular formula is C46H56N12O. The lowest BCUT2D eigenvalue weighted by Crippen LogP contribution is -2.48. The number of carbonyl (C=O) groups is 1. The molecule has 0 radical (unpaired) electrons. The van der Waals surface area contributed by atoms with Crippen molar-refractivity contribution in [2.75, 3.05) is 51.8 Å². The lowest BCUT2D eigenvalue weighted by molar-refractivity contribution is -0.121. The summed E-state index contributed by atoms with van der Waals surface area (Å²) >= 11 is 0. The Morgan fingerprint density at radius 2 is 1.92 bits per heavy atom. The third kappa shape index (κ3) is 8.53. The van der Waals surface area contributed by atoms with E-state index in [1.165, 1.54) is 5.56 Å². The van der Waals surface area contributed by atoms with Gasteiger partial charge in [-0.25, -0.2) is 15.9 Å². The van der Waals surface area contributed by atoms with Crippen LogP contribution in [-0.2, 0) is 11.2 Å². The second kappa shape index (κ2) is 17.9. The number of rotatable bonds is 19. The van der Waals surface area contributed by atoms with E-state index in [4.69, 9.17) is 10.8 Å². The molecule has 0 saturated carbocycles. The number of anilines is 1. The molecule has 1 fully saturated rings. The van der Waals surface area contributed by atoms with Crippen LogP contribution in [0.5, 0.6) is 0 Å². The standard InChI is InChI=1S/C46H56N12O/c1-8-10-22-56-28-39(37-17-20-50-45(37)34(56)6)38-26-35(27-41-46(38)52-29-51-41)18-24-55(25-21-48-9-2)30-54(7)57(47)23-12-19-49-40-14-11-13-36-32(4)58(33(5)44(36)40)42-15-16-43(59)53-31(42)3/h8-9,11-14,17,20,23,26-29,42,48-50H,1-6,10,15-16,18-19,21-22,24-25,30,47H2,7H3,(H,51,52)(H,53,59)/b23-12-. The average Bonchev–Trinajstić information content (AvgIpc) is 3.97. The molecular weight excluding hydrogens is 737 g/mol. The predicted molar refractivity (Wildman–Crippen MR) is 242 cm³/mol. The molecule has 1 atom stereocenters. The van der Waals surface area contributed by atoms with Gasteiger partial charge in [0, 0.05) is 114 Å². The van der Waals surface area contributed by atoms with E-state index in [1.807, 2.05) is 48.7 Å². The van der Waals surface area contributed by atoms with E-state index < -0.39 is 0 Å². The summed E-state index contributed by atoms with van der Waals surface area (Å²) in [6.45, 7) is 29.3. The number of hydrogen-bond donors (Lipinski definition) is 6. The molecule has 2 aliphatic heterocycles. The fourth-order valence-corrected chi connectivity index (χ4v) is 8.15. The van der Waals surface area contributed by atoms with Crippen molar-refractivity contribution in [3.05, 3.63) is 145 Å². The lowest BCUT2D eigenvalue weighted by Gasteiger charge is -2.32. The summed E-state index contributed by atoms with van der Waals surface area (Å²) in [6, 6.07) is 12.6. The largest absolute Gasteiger partial charge is 0.390 e. The molecule has 5 aromatic rings. The number of aromatic nitrogens is 4. The number of aromatic amines is 2. The van der Waals surface area contributed by atoms with Crippen LogP contribution in [0.1, 0.15) is 47.7 Å². The maximum Gasteiger partial charge on any atom is 0.224 e. The maximum atomic E-state index is 12.0. The van der Waals surface area contributed by atoms with E-state index in [2.05, 4.69) is 110 Å². The molecule has 0 spiro atoms. The van der Waals surface area contributed by atoms with Gasteiger partial charge in [-0.3, -0.25) is 9.69 Å². The molecule has 59 heavy (non-hydrogen) atoms. The normalized spacial score (nSPS) is 15.7. The molecule has 1 saturated heterocycles. The first-order chi connectivity index (χ1) is 28.6. The first-order valence-corrected chi connectivity index (χ1v) is 20.0. The predicted octanol–water partition coefficient (Wildman–Crippen LogP) is 5.07. The van der Waals surface area contributed by atoms with Crippen molar-refractivity contribution in [1.29, 1.82) is 0 Å². The van der Waals surface area contributed by atoms with Crippen LogP contribution < -0.4 is 32.5 Å². The number of nitrogens with one attached hydrogen (secondary N) is 5. The third-order valence-corrected chi connectivity index (χ3v) is 11.2. The minimum absolute atomic E-state index is 0.00761. The Morgan fingerprint density at radius 3 is 2.71 bits per heavy atom. The first-order valence-electron chi connectivity index (χ1n) is 20.0. The smallest absolute Gasteiger partial charge is 0.224 e. The van der Waals surface area contributed by atoms with Gasteiger partial charge in [-0.15, -0.1) is 6.58 Å². The molecule has 1 unspecified atom stereocenters. The fourth-order valence-electron chi connectivity index (χ4n) is 8.15. The summed E-state index contributed by atoms with van der Waals surface area (Å²) in [4.78, 5) is 28.0. The van der Waals surface area contributed by atoms with E-state index in [1.54, 1.807) is 17.6 Å². The number of carbonyl (C=O) groups excluding carboxylic acids is 1. The molecule has 0 aliphatic carbocycles. The van der Waals surface area contributed by atoms with Crippen molar-refractivity contribution in [2.45, 2.75) is 31.7 Å². The van der Waals surface area contributed by atoms with Crippen LogP contribution in [0.4, 0.5) is 5.69 Å². The Balaban J connectivity index is 1.02. The van der Waals surface area contributed by atoms with Gasteiger partial charge in [0.1, 0.15) is 0 Å². The van der Waals surface area contributed by atoms with Crippen LogP contribution in [0.2, 0.25) is 0 Å². The summed E-state index contributed by atoms with van der Waals surface area (Å²) in [5, 5.41) is 17.0. The molecule has 5 heterocycles. The number of fused-ring (bicyclic) bond motifs is 3. The summed E-state index contributed by atoms with van der Waals surface area (Å²) in [7, 11) is 1.98. The number of piperidine rings is 1. The second-order valence-electron chi connectivity index (χ2n) is 15.1. The van der Waals surface area contributed by atoms with Crippen LogP contribution in [0.3, 0.4) is 0 Å². The van der Waals surface area contributed by atoms with Crippen LogP contribution in [0, 0.1) is 0 Å². The third-order valence-electron chi connectivity index (χ3n) is 11.2. The number of nitrogens with two attached hydrogens (primary N) is 1. The van der Waals surface area contributed by atoms with Crippen molar-refractivity contribution < 1.29 is 4.79 Å².